The summed E-state index contributed by atoms with van der Waals surface area (Å²) >= 11 is 0. The van der Waals surface area contributed by atoms with E-state index in [1.165, 1.54) is 6.07 Å². The van der Waals surface area contributed by atoms with Crippen LogP contribution in [0.3, 0.4) is 0 Å². The molecule has 1 aliphatic carbocycles. The second kappa shape index (κ2) is 6.43. The van der Waals surface area contributed by atoms with Crippen molar-refractivity contribution in [2.45, 2.75) is 26.2 Å². The van der Waals surface area contributed by atoms with E-state index in [4.69, 9.17) is 9.84 Å². The lowest BCUT2D eigenvalue weighted by molar-refractivity contribution is -0.130. The fourth-order valence-electron chi connectivity index (χ4n) is 2.33. The third kappa shape index (κ3) is 3.62. The summed E-state index contributed by atoms with van der Waals surface area (Å²) in [5.41, 5.74) is 1.89. The van der Waals surface area contributed by atoms with E-state index in [9.17, 15) is 9.59 Å². The molecule has 0 unspecified atom stereocenters. The Morgan fingerprint density at radius 2 is 2.14 bits per heavy atom. The molecule has 112 valence electrons. The highest BCUT2D eigenvalue weighted by atomic mass is 16.5. The normalized spacial score (nSPS) is 13.7. The number of carbonyl (C=O) groups is 2. The SMILES string of the molecule is Cc1cc(OCC(=O)N(C)C2=CCCC2)ccc1C(=O)O. The molecule has 1 aromatic carbocycles. The van der Waals surface area contributed by atoms with Crippen LogP contribution in [-0.4, -0.2) is 35.5 Å². The molecular weight excluding hydrogens is 270 g/mol. The number of allylic oxidation sites excluding steroid dienone is 2. The van der Waals surface area contributed by atoms with Gasteiger partial charge in [-0.2, -0.15) is 0 Å². The second-order valence-electron chi connectivity index (χ2n) is 5.11. The molecule has 1 N–H and O–H groups in total. The fourth-order valence-corrected chi connectivity index (χ4v) is 2.33. The van der Waals surface area contributed by atoms with E-state index >= 15 is 0 Å². The van der Waals surface area contributed by atoms with Crippen molar-refractivity contribution in [1.29, 1.82) is 0 Å². The number of aromatic carboxylic acids is 1. The average Bonchev–Trinajstić information content (AvgIpc) is 2.97. The van der Waals surface area contributed by atoms with Crippen LogP contribution in [0.5, 0.6) is 5.75 Å². The summed E-state index contributed by atoms with van der Waals surface area (Å²) in [5.74, 6) is -0.578. The lowest BCUT2D eigenvalue weighted by Gasteiger charge is -2.18. The Balaban J connectivity index is 1.95. The van der Waals surface area contributed by atoms with E-state index < -0.39 is 5.97 Å². The van der Waals surface area contributed by atoms with Gasteiger partial charge in [-0.15, -0.1) is 0 Å². The van der Waals surface area contributed by atoms with Crippen molar-refractivity contribution < 1.29 is 19.4 Å². The zero-order valence-corrected chi connectivity index (χ0v) is 12.3. The van der Waals surface area contributed by atoms with Gasteiger partial charge >= 0.3 is 5.97 Å². The zero-order chi connectivity index (χ0) is 15.4. The number of carboxylic acid groups (broad SMARTS) is 1. The number of ether oxygens (including phenoxy) is 1. The first-order valence-electron chi connectivity index (χ1n) is 6.91. The van der Waals surface area contributed by atoms with Gasteiger partial charge in [-0.3, -0.25) is 4.79 Å². The Morgan fingerprint density at radius 1 is 1.38 bits per heavy atom. The van der Waals surface area contributed by atoms with Gasteiger partial charge < -0.3 is 14.7 Å². The van der Waals surface area contributed by atoms with Gasteiger partial charge in [0, 0.05) is 12.7 Å². The molecule has 1 amide bonds. The fraction of sp³-hybridized carbons (Fsp3) is 0.375. The largest absolute Gasteiger partial charge is 0.484 e. The van der Waals surface area contributed by atoms with Crippen molar-refractivity contribution in [3.05, 3.63) is 41.1 Å². The molecule has 0 aromatic heterocycles. The van der Waals surface area contributed by atoms with Crippen molar-refractivity contribution >= 4 is 11.9 Å². The molecule has 0 heterocycles. The molecule has 5 nitrogen and oxygen atoms in total. The van der Waals surface area contributed by atoms with Crippen molar-refractivity contribution in [2.75, 3.05) is 13.7 Å². The molecule has 5 heteroatoms. The number of hydrogen-bond donors (Lipinski definition) is 1. The van der Waals surface area contributed by atoms with Gasteiger partial charge in [-0.1, -0.05) is 6.08 Å². The number of nitrogens with zero attached hydrogens (tertiary/aromatic N) is 1. The monoisotopic (exact) mass is 289 g/mol. The Kier molecular flexibility index (Phi) is 4.62. The van der Waals surface area contributed by atoms with Crippen LogP contribution in [0.4, 0.5) is 0 Å². The molecule has 21 heavy (non-hydrogen) atoms. The maximum absolute atomic E-state index is 12.0. The molecule has 0 fully saturated rings. The van der Waals surface area contributed by atoms with Gasteiger partial charge in [0.1, 0.15) is 5.75 Å². The van der Waals surface area contributed by atoms with Gasteiger partial charge in [-0.05, 0) is 49.9 Å². The second-order valence-corrected chi connectivity index (χ2v) is 5.11. The molecule has 0 radical (unpaired) electrons. The first-order chi connectivity index (χ1) is 9.99. The van der Waals surface area contributed by atoms with Crippen LogP contribution >= 0.6 is 0 Å². The molecule has 0 aliphatic heterocycles. The van der Waals surface area contributed by atoms with Gasteiger partial charge in [-0.25, -0.2) is 4.79 Å². The molecule has 0 saturated heterocycles. The summed E-state index contributed by atoms with van der Waals surface area (Å²) in [6, 6.07) is 4.69. The minimum atomic E-state index is -0.969. The Hall–Kier alpha value is -2.30. The van der Waals surface area contributed by atoms with Crippen LogP contribution in [0.25, 0.3) is 0 Å². The summed E-state index contributed by atoms with van der Waals surface area (Å²) in [6.45, 7) is 1.65. The van der Waals surface area contributed by atoms with Crippen LogP contribution in [0.15, 0.2) is 30.0 Å². The van der Waals surface area contributed by atoms with Crippen LogP contribution < -0.4 is 4.74 Å². The number of amides is 1. The van der Waals surface area contributed by atoms with Crippen molar-refractivity contribution in [3.8, 4) is 5.75 Å². The first-order valence-corrected chi connectivity index (χ1v) is 6.91. The van der Waals surface area contributed by atoms with E-state index in [1.807, 2.05) is 0 Å². The molecule has 2 rings (SSSR count). The zero-order valence-electron chi connectivity index (χ0n) is 12.3. The van der Waals surface area contributed by atoms with Gasteiger partial charge in [0.25, 0.3) is 5.91 Å². The molecule has 0 spiro atoms. The first kappa shape index (κ1) is 15.1. The highest BCUT2D eigenvalue weighted by Gasteiger charge is 2.16. The van der Waals surface area contributed by atoms with E-state index in [-0.39, 0.29) is 18.1 Å². The lowest BCUT2D eigenvalue weighted by Crippen LogP contribution is -2.30. The number of aryl methyl sites for hydroxylation is 1. The van der Waals surface area contributed by atoms with E-state index in [1.54, 1.807) is 31.0 Å². The summed E-state index contributed by atoms with van der Waals surface area (Å²) < 4.78 is 5.45. The molecule has 0 bridgehead atoms. The van der Waals surface area contributed by atoms with Crippen LogP contribution in [0.1, 0.15) is 35.2 Å². The van der Waals surface area contributed by atoms with Gasteiger partial charge in [0.05, 0.1) is 5.56 Å². The average molecular weight is 289 g/mol. The van der Waals surface area contributed by atoms with Crippen LogP contribution in [0, 0.1) is 6.92 Å². The topological polar surface area (TPSA) is 66.8 Å². The third-order valence-electron chi connectivity index (χ3n) is 3.61. The standard InChI is InChI=1S/C16H19NO4/c1-11-9-13(7-8-14(11)16(19)20)21-10-15(18)17(2)12-5-3-4-6-12/h5,7-9H,3-4,6,10H2,1-2H3,(H,19,20). The van der Waals surface area contributed by atoms with Crippen LogP contribution in [-0.2, 0) is 4.79 Å². The number of rotatable bonds is 5. The maximum Gasteiger partial charge on any atom is 0.335 e. The maximum atomic E-state index is 12.0. The molecular formula is C16H19NO4. The van der Waals surface area contributed by atoms with Crippen molar-refractivity contribution in [2.24, 2.45) is 0 Å². The number of carbonyl (C=O) groups excluding carboxylic acids is 1. The Bertz CT molecular complexity index is 592. The number of hydrogen-bond acceptors (Lipinski definition) is 3. The predicted octanol–water partition coefficient (Wildman–Crippen LogP) is 2.60. The highest BCUT2D eigenvalue weighted by Crippen LogP contribution is 2.21. The summed E-state index contributed by atoms with van der Waals surface area (Å²) in [6.07, 6.45) is 5.10. The van der Waals surface area contributed by atoms with E-state index in [0.717, 1.165) is 25.0 Å². The molecule has 0 atom stereocenters. The summed E-state index contributed by atoms with van der Waals surface area (Å²) in [4.78, 5) is 24.6. The van der Waals surface area contributed by atoms with Crippen molar-refractivity contribution in [3.63, 3.8) is 0 Å². The Morgan fingerprint density at radius 3 is 2.71 bits per heavy atom. The van der Waals surface area contributed by atoms with E-state index in [2.05, 4.69) is 6.08 Å². The minimum Gasteiger partial charge on any atom is -0.484 e. The predicted molar refractivity (Wildman–Crippen MR) is 78.3 cm³/mol. The number of likely N-dealkylation sites (N-methyl/N-ethyl adjacent to an activating group) is 1. The van der Waals surface area contributed by atoms with Gasteiger partial charge in [0.2, 0.25) is 0 Å². The molecule has 0 saturated carbocycles. The third-order valence-corrected chi connectivity index (χ3v) is 3.61. The smallest absolute Gasteiger partial charge is 0.335 e. The quantitative estimate of drug-likeness (QED) is 0.904. The molecule has 1 aromatic rings. The van der Waals surface area contributed by atoms with Crippen LogP contribution in [0.2, 0.25) is 0 Å². The summed E-state index contributed by atoms with van der Waals surface area (Å²) in [5, 5.41) is 8.96. The van der Waals surface area contributed by atoms with Gasteiger partial charge in [0.15, 0.2) is 6.61 Å². The summed E-state index contributed by atoms with van der Waals surface area (Å²) in [7, 11) is 1.75. The number of benzene rings is 1. The number of carboxylic acids is 1. The molecule has 1 aliphatic rings. The Labute approximate surface area is 123 Å². The van der Waals surface area contributed by atoms with E-state index in [0.29, 0.717) is 11.3 Å². The highest BCUT2D eigenvalue weighted by molar-refractivity contribution is 5.89. The minimum absolute atomic E-state index is 0.0559. The lowest BCUT2D eigenvalue weighted by atomic mass is 10.1. The van der Waals surface area contributed by atoms with Crippen molar-refractivity contribution in [1.82, 2.24) is 4.90 Å².